The normalized spacial score (nSPS) is 11.8. The third-order valence-electron chi connectivity index (χ3n) is 4.33. The Labute approximate surface area is 117 Å². The van der Waals surface area contributed by atoms with E-state index in [4.69, 9.17) is 0 Å². The largest absolute Gasteiger partial charge is 0.247 e. The van der Waals surface area contributed by atoms with Gasteiger partial charge in [0.15, 0.2) is 0 Å². The molecule has 0 saturated heterocycles. The molecule has 0 radical (unpaired) electrons. The van der Waals surface area contributed by atoms with Crippen molar-refractivity contribution in [2.45, 2.75) is 13.8 Å². The maximum absolute atomic E-state index is 2.34. The third kappa shape index (κ3) is 1.31. The zero-order chi connectivity index (χ0) is 13.9. The molecular formula is C18H17N2+. The molecule has 0 aliphatic rings. The Morgan fingerprint density at radius 1 is 0.850 bits per heavy atom. The number of aromatic nitrogens is 2. The molecule has 2 heterocycles. The maximum atomic E-state index is 2.34. The van der Waals surface area contributed by atoms with Crippen LogP contribution in [0.2, 0.25) is 0 Å². The van der Waals surface area contributed by atoms with Gasteiger partial charge in [0.1, 0.15) is 0 Å². The van der Waals surface area contributed by atoms with Crippen molar-refractivity contribution in [2.75, 3.05) is 0 Å². The van der Waals surface area contributed by atoms with Gasteiger partial charge in [-0.3, -0.25) is 0 Å². The smallest absolute Gasteiger partial charge is 0.155 e. The summed E-state index contributed by atoms with van der Waals surface area (Å²) in [4.78, 5) is 0. The highest BCUT2D eigenvalue weighted by Crippen LogP contribution is 2.28. The lowest BCUT2D eigenvalue weighted by atomic mass is 10.0. The molecule has 4 aromatic rings. The summed E-state index contributed by atoms with van der Waals surface area (Å²) in [5, 5.41) is 3.96. The van der Waals surface area contributed by atoms with Crippen molar-refractivity contribution >= 4 is 27.2 Å². The minimum Gasteiger partial charge on any atom is -0.155 e. The molecule has 0 amide bonds. The average Bonchev–Trinajstić information content (AvgIpc) is 2.76. The van der Waals surface area contributed by atoms with Gasteiger partial charge in [-0.15, -0.1) is 0 Å². The molecule has 0 spiro atoms. The van der Waals surface area contributed by atoms with Crippen molar-refractivity contribution in [1.82, 2.24) is 4.68 Å². The molecule has 0 aliphatic heterocycles. The molecular weight excluding hydrogens is 244 g/mol. The van der Waals surface area contributed by atoms with E-state index in [-0.39, 0.29) is 0 Å². The molecule has 2 aromatic heterocycles. The van der Waals surface area contributed by atoms with E-state index in [2.05, 4.69) is 78.6 Å². The van der Waals surface area contributed by atoms with Gasteiger partial charge in [-0.05, 0) is 26.0 Å². The molecule has 0 aliphatic carbocycles. The van der Waals surface area contributed by atoms with Gasteiger partial charge >= 0.3 is 0 Å². The predicted octanol–water partition coefficient (Wildman–Crippen LogP) is 3.69. The zero-order valence-corrected chi connectivity index (χ0v) is 12.0. The number of nitrogens with zero attached hydrogens (tertiary/aromatic N) is 2. The van der Waals surface area contributed by atoms with E-state index >= 15 is 0 Å². The topological polar surface area (TPSA) is 9.03 Å². The van der Waals surface area contributed by atoms with E-state index in [0.717, 1.165) is 0 Å². The summed E-state index contributed by atoms with van der Waals surface area (Å²) < 4.78 is 4.57. The van der Waals surface area contributed by atoms with E-state index in [1.54, 1.807) is 0 Å². The molecule has 0 atom stereocenters. The summed E-state index contributed by atoms with van der Waals surface area (Å²) in [5.41, 5.74) is 5.16. The number of hydrogen-bond donors (Lipinski definition) is 0. The standard InChI is InChI=1S/C18H17N2/c1-12-7-6-10-16-14-8-4-5-9-15(14)17-11-13(2)19(3)20(17)18(12)16/h4-11H,1-3H3/q+1. The van der Waals surface area contributed by atoms with Crippen molar-refractivity contribution < 1.29 is 4.52 Å². The van der Waals surface area contributed by atoms with E-state index in [0.29, 0.717) is 0 Å². The van der Waals surface area contributed by atoms with E-state index in [1.165, 1.54) is 38.4 Å². The summed E-state index contributed by atoms with van der Waals surface area (Å²) in [5.74, 6) is 0. The lowest BCUT2D eigenvalue weighted by Crippen LogP contribution is -2.33. The summed E-state index contributed by atoms with van der Waals surface area (Å²) in [6.45, 7) is 4.34. The molecule has 0 fully saturated rings. The Kier molecular flexibility index (Phi) is 2.19. The van der Waals surface area contributed by atoms with Crippen LogP contribution in [0.5, 0.6) is 0 Å². The highest BCUT2D eigenvalue weighted by atomic mass is 15.3. The lowest BCUT2D eigenvalue weighted by Gasteiger charge is -2.04. The highest BCUT2D eigenvalue weighted by Gasteiger charge is 2.21. The Morgan fingerprint density at radius 2 is 1.55 bits per heavy atom. The maximum Gasteiger partial charge on any atom is 0.247 e. The second kappa shape index (κ2) is 3.83. The fourth-order valence-electron chi connectivity index (χ4n) is 3.23. The molecule has 0 unspecified atom stereocenters. The molecule has 2 aromatic carbocycles. The second-order valence-electron chi connectivity index (χ2n) is 5.52. The molecule has 4 rings (SSSR count). The number of rotatable bonds is 0. The SMILES string of the molecule is Cc1cccc2c3ccccc3c3cc(C)n(C)[n+]3c12. The lowest BCUT2D eigenvalue weighted by molar-refractivity contribution is -0.579. The Hall–Kier alpha value is -2.35. The third-order valence-corrected chi connectivity index (χ3v) is 4.33. The van der Waals surface area contributed by atoms with Crippen LogP contribution in [0, 0.1) is 13.8 Å². The van der Waals surface area contributed by atoms with Crippen LogP contribution < -0.4 is 4.52 Å². The fourth-order valence-corrected chi connectivity index (χ4v) is 3.23. The molecule has 0 N–H and O–H groups in total. The van der Waals surface area contributed by atoms with Crippen LogP contribution in [0.1, 0.15) is 11.3 Å². The number of benzene rings is 2. The first kappa shape index (κ1) is 11.5. The average molecular weight is 261 g/mol. The minimum absolute atomic E-state index is 1.27. The van der Waals surface area contributed by atoms with Crippen LogP contribution >= 0.6 is 0 Å². The van der Waals surface area contributed by atoms with Gasteiger partial charge in [0.05, 0.1) is 23.5 Å². The summed E-state index contributed by atoms with van der Waals surface area (Å²) in [6, 6.07) is 17.5. The van der Waals surface area contributed by atoms with Crippen LogP contribution in [-0.4, -0.2) is 4.68 Å². The van der Waals surface area contributed by atoms with E-state index < -0.39 is 0 Å². The van der Waals surface area contributed by atoms with Crippen molar-refractivity contribution in [2.24, 2.45) is 7.05 Å². The molecule has 2 nitrogen and oxygen atoms in total. The number of hydrogen-bond acceptors (Lipinski definition) is 0. The first-order valence-electron chi connectivity index (χ1n) is 6.97. The van der Waals surface area contributed by atoms with Gasteiger partial charge < -0.3 is 0 Å². The monoisotopic (exact) mass is 261 g/mol. The molecule has 0 bridgehead atoms. The number of fused-ring (bicyclic) bond motifs is 6. The van der Waals surface area contributed by atoms with Gasteiger partial charge in [-0.2, -0.15) is 4.68 Å². The molecule has 98 valence electrons. The van der Waals surface area contributed by atoms with Crippen molar-refractivity contribution in [3.63, 3.8) is 0 Å². The summed E-state index contributed by atoms with van der Waals surface area (Å²) in [7, 11) is 2.13. The van der Waals surface area contributed by atoms with Crippen LogP contribution in [0.3, 0.4) is 0 Å². The Balaban J connectivity index is 2.49. The number of aryl methyl sites for hydroxylation is 3. The number of para-hydroxylation sites is 1. The Morgan fingerprint density at radius 3 is 2.35 bits per heavy atom. The highest BCUT2D eigenvalue weighted by molar-refractivity contribution is 6.10. The first-order chi connectivity index (χ1) is 9.68. The van der Waals surface area contributed by atoms with Gasteiger partial charge in [-0.1, -0.05) is 34.8 Å². The predicted molar refractivity (Wildman–Crippen MR) is 83.1 cm³/mol. The van der Waals surface area contributed by atoms with Gasteiger partial charge in [-0.25, -0.2) is 0 Å². The van der Waals surface area contributed by atoms with Crippen molar-refractivity contribution in [3.05, 3.63) is 59.8 Å². The quantitative estimate of drug-likeness (QED) is 0.337. The molecule has 20 heavy (non-hydrogen) atoms. The second-order valence-corrected chi connectivity index (χ2v) is 5.52. The van der Waals surface area contributed by atoms with Crippen molar-refractivity contribution in [1.29, 1.82) is 0 Å². The minimum atomic E-state index is 1.27. The summed E-state index contributed by atoms with van der Waals surface area (Å²) >= 11 is 0. The zero-order valence-electron chi connectivity index (χ0n) is 12.0. The number of pyridine rings is 1. The van der Waals surface area contributed by atoms with Crippen LogP contribution in [0.4, 0.5) is 0 Å². The molecule has 2 heteroatoms. The fraction of sp³-hybridized carbons (Fsp3) is 0.167. The molecule has 0 saturated carbocycles. The van der Waals surface area contributed by atoms with E-state index in [9.17, 15) is 0 Å². The van der Waals surface area contributed by atoms with Gasteiger partial charge in [0, 0.05) is 17.0 Å². The Bertz CT molecular complexity index is 977. The van der Waals surface area contributed by atoms with Crippen LogP contribution in [-0.2, 0) is 7.05 Å². The van der Waals surface area contributed by atoms with Crippen LogP contribution in [0.25, 0.3) is 27.2 Å². The van der Waals surface area contributed by atoms with Crippen molar-refractivity contribution in [3.8, 4) is 0 Å². The summed E-state index contributed by atoms with van der Waals surface area (Å²) in [6.07, 6.45) is 0. The van der Waals surface area contributed by atoms with Crippen LogP contribution in [0.15, 0.2) is 48.5 Å². The van der Waals surface area contributed by atoms with E-state index in [1.807, 2.05) is 0 Å². The van der Waals surface area contributed by atoms with Gasteiger partial charge in [0.25, 0.3) is 0 Å². The van der Waals surface area contributed by atoms with Gasteiger partial charge in [0.2, 0.25) is 11.0 Å². The first-order valence-corrected chi connectivity index (χ1v) is 6.97.